The number of rotatable bonds is 5. The lowest BCUT2D eigenvalue weighted by atomic mass is 9.92. The smallest absolute Gasteiger partial charge is 0.0599 e. The van der Waals surface area contributed by atoms with Gasteiger partial charge in [-0.25, -0.2) is 0 Å². The Hall–Kier alpha value is -0.520. The second-order valence-electron chi connectivity index (χ2n) is 5.45. The summed E-state index contributed by atoms with van der Waals surface area (Å²) in [5.74, 6) is 3.72. The van der Waals surface area contributed by atoms with Crippen LogP contribution in [0.25, 0.3) is 0 Å². The molecular formula is C14H24N2. The molecule has 0 bridgehead atoms. The summed E-state index contributed by atoms with van der Waals surface area (Å²) < 4.78 is 0. The fraction of sp³-hybridized carbons (Fsp3) is 0.857. The van der Waals surface area contributed by atoms with E-state index >= 15 is 0 Å². The second-order valence-corrected chi connectivity index (χ2v) is 5.45. The van der Waals surface area contributed by atoms with Crippen molar-refractivity contribution >= 4 is 0 Å². The van der Waals surface area contributed by atoms with Crippen LogP contribution in [-0.4, -0.2) is 37.6 Å². The molecule has 2 heteroatoms. The lowest BCUT2D eigenvalue weighted by Crippen LogP contribution is -2.33. The van der Waals surface area contributed by atoms with E-state index in [0.29, 0.717) is 5.41 Å². The standard InChI is InChI=1S/C14H24N2/c1-3-9-16(10-4-2)12-13-11-14(13)5-7-15-8-6-14/h1,13,15H,4-12H2,2H3. The van der Waals surface area contributed by atoms with Crippen LogP contribution >= 0.6 is 0 Å². The summed E-state index contributed by atoms with van der Waals surface area (Å²) in [6.07, 6.45) is 10.8. The Morgan fingerprint density at radius 2 is 2.19 bits per heavy atom. The molecule has 0 amide bonds. The Kier molecular flexibility index (Phi) is 3.89. The van der Waals surface area contributed by atoms with E-state index in [1.54, 1.807) is 0 Å². The monoisotopic (exact) mass is 220 g/mol. The Balaban J connectivity index is 1.79. The van der Waals surface area contributed by atoms with Gasteiger partial charge >= 0.3 is 0 Å². The normalized spacial score (nSPS) is 26.9. The Morgan fingerprint density at radius 3 is 2.81 bits per heavy atom. The fourth-order valence-corrected chi connectivity index (χ4v) is 3.22. The number of nitrogens with one attached hydrogen (secondary N) is 1. The van der Waals surface area contributed by atoms with Crippen molar-refractivity contribution in [3.63, 3.8) is 0 Å². The summed E-state index contributed by atoms with van der Waals surface area (Å²) in [5, 5.41) is 3.46. The van der Waals surface area contributed by atoms with E-state index in [1.165, 1.54) is 45.3 Å². The molecule has 1 unspecified atom stereocenters. The maximum atomic E-state index is 5.42. The summed E-state index contributed by atoms with van der Waals surface area (Å²) in [6, 6.07) is 0. The van der Waals surface area contributed by atoms with E-state index in [4.69, 9.17) is 6.42 Å². The van der Waals surface area contributed by atoms with Gasteiger partial charge in [0.25, 0.3) is 0 Å². The minimum absolute atomic E-state index is 0.700. The number of nitrogens with zero attached hydrogens (tertiary/aromatic N) is 1. The first-order chi connectivity index (χ1) is 7.80. The van der Waals surface area contributed by atoms with Crippen LogP contribution in [0.1, 0.15) is 32.6 Å². The van der Waals surface area contributed by atoms with Gasteiger partial charge in [-0.2, -0.15) is 0 Å². The largest absolute Gasteiger partial charge is 0.317 e. The molecule has 0 aromatic carbocycles. The van der Waals surface area contributed by atoms with Crippen molar-refractivity contribution in [2.45, 2.75) is 32.6 Å². The van der Waals surface area contributed by atoms with Crippen molar-refractivity contribution in [2.24, 2.45) is 11.3 Å². The predicted molar refractivity (Wildman–Crippen MR) is 68.2 cm³/mol. The lowest BCUT2D eigenvalue weighted by Gasteiger charge is -2.26. The highest BCUT2D eigenvalue weighted by Crippen LogP contribution is 2.58. The maximum Gasteiger partial charge on any atom is 0.0599 e. The molecule has 1 heterocycles. The van der Waals surface area contributed by atoms with Crippen molar-refractivity contribution in [2.75, 3.05) is 32.7 Å². The van der Waals surface area contributed by atoms with Gasteiger partial charge in [-0.1, -0.05) is 12.8 Å². The van der Waals surface area contributed by atoms with E-state index in [-0.39, 0.29) is 0 Å². The second kappa shape index (κ2) is 5.21. The molecule has 90 valence electrons. The van der Waals surface area contributed by atoms with E-state index < -0.39 is 0 Å². The zero-order chi connectivity index (χ0) is 11.4. The van der Waals surface area contributed by atoms with Crippen LogP contribution in [0.2, 0.25) is 0 Å². The Bertz CT molecular complexity index is 260. The quantitative estimate of drug-likeness (QED) is 0.710. The molecule has 2 aliphatic rings. The third-order valence-electron chi connectivity index (χ3n) is 4.29. The number of hydrogen-bond acceptors (Lipinski definition) is 2. The molecule has 0 aromatic rings. The highest BCUT2D eigenvalue weighted by molar-refractivity contribution is 5.05. The average molecular weight is 220 g/mol. The minimum Gasteiger partial charge on any atom is -0.317 e. The predicted octanol–water partition coefficient (Wildman–Crippen LogP) is 1.72. The molecule has 1 saturated heterocycles. The van der Waals surface area contributed by atoms with Gasteiger partial charge in [0.05, 0.1) is 6.54 Å². The number of piperidine rings is 1. The van der Waals surface area contributed by atoms with Crippen molar-refractivity contribution in [3.8, 4) is 12.3 Å². The van der Waals surface area contributed by atoms with Gasteiger partial charge in [0.1, 0.15) is 0 Å². The summed E-state index contributed by atoms with van der Waals surface area (Å²) >= 11 is 0. The van der Waals surface area contributed by atoms with Crippen LogP contribution in [0.4, 0.5) is 0 Å². The van der Waals surface area contributed by atoms with Crippen LogP contribution in [0.15, 0.2) is 0 Å². The molecule has 1 spiro atoms. The highest BCUT2D eigenvalue weighted by Gasteiger charge is 2.53. The van der Waals surface area contributed by atoms with E-state index in [1.807, 2.05) is 0 Å². The number of terminal acetylenes is 1. The third-order valence-corrected chi connectivity index (χ3v) is 4.29. The van der Waals surface area contributed by atoms with Crippen molar-refractivity contribution in [3.05, 3.63) is 0 Å². The van der Waals surface area contributed by atoms with Gasteiger partial charge < -0.3 is 5.32 Å². The van der Waals surface area contributed by atoms with Crippen LogP contribution in [0.3, 0.4) is 0 Å². The first-order valence-electron chi connectivity index (χ1n) is 6.67. The molecule has 2 nitrogen and oxygen atoms in total. The van der Waals surface area contributed by atoms with E-state index in [0.717, 1.165) is 19.0 Å². The molecule has 0 radical (unpaired) electrons. The van der Waals surface area contributed by atoms with Gasteiger partial charge in [-0.3, -0.25) is 4.90 Å². The molecule has 2 fully saturated rings. The first-order valence-corrected chi connectivity index (χ1v) is 6.67. The Morgan fingerprint density at radius 1 is 1.44 bits per heavy atom. The van der Waals surface area contributed by atoms with E-state index in [9.17, 15) is 0 Å². The van der Waals surface area contributed by atoms with Crippen LogP contribution in [0, 0.1) is 23.7 Å². The molecule has 1 atom stereocenters. The van der Waals surface area contributed by atoms with Gasteiger partial charge in [0, 0.05) is 6.54 Å². The van der Waals surface area contributed by atoms with E-state index in [2.05, 4.69) is 23.1 Å². The molecule has 1 N–H and O–H groups in total. The third kappa shape index (κ3) is 2.59. The highest BCUT2D eigenvalue weighted by atomic mass is 15.1. The van der Waals surface area contributed by atoms with Crippen LogP contribution in [-0.2, 0) is 0 Å². The molecule has 1 aliphatic heterocycles. The molecule has 0 aromatic heterocycles. The average Bonchev–Trinajstić information content (AvgIpc) is 2.92. The van der Waals surface area contributed by atoms with Crippen molar-refractivity contribution < 1.29 is 0 Å². The van der Waals surface area contributed by atoms with Crippen LogP contribution < -0.4 is 5.32 Å². The summed E-state index contributed by atoms with van der Waals surface area (Å²) in [6.45, 7) is 7.90. The van der Waals surface area contributed by atoms with Gasteiger partial charge in [-0.15, -0.1) is 6.42 Å². The van der Waals surface area contributed by atoms with Crippen molar-refractivity contribution in [1.82, 2.24) is 10.2 Å². The van der Waals surface area contributed by atoms with Gasteiger partial charge in [-0.05, 0) is 56.7 Å². The molecule has 1 saturated carbocycles. The SMILES string of the molecule is C#CCN(CCC)CC1CC12CCNCC2. The van der Waals surface area contributed by atoms with Gasteiger partial charge in [0.2, 0.25) is 0 Å². The zero-order valence-corrected chi connectivity index (χ0v) is 10.5. The molecule has 1 aliphatic carbocycles. The number of hydrogen-bond donors (Lipinski definition) is 1. The summed E-state index contributed by atoms with van der Waals surface area (Å²) in [5.41, 5.74) is 0.700. The van der Waals surface area contributed by atoms with Gasteiger partial charge in [0.15, 0.2) is 0 Å². The fourth-order valence-electron chi connectivity index (χ4n) is 3.22. The van der Waals surface area contributed by atoms with Crippen LogP contribution in [0.5, 0.6) is 0 Å². The zero-order valence-electron chi connectivity index (χ0n) is 10.5. The topological polar surface area (TPSA) is 15.3 Å². The summed E-state index contributed by atoms with van der Waals surface area (Å²) in [7, 11) is 0. The molecule has 2 rings (SSSR count). The van der Waals surface area contributed by atoms with Crippen molar-refractivity contribution in [1.29, 1.82) is 0 Å². The Labute approximate surface area is 99.8 Å². The first kappa shape index (κ1) is 12.0. The molecular weight excluding hydrogens is 196 g/mol. The minimum atomic E-state index is 0.700. The lowest BCUT2D eigenvalue weighted by molar-refractivity contribution is 0.248. The molecule has 16 heavy (non-hydrogen) atoms. The maximum absolute atomic E-state index is 5.42. The summed E-state index contributed by atoms with van der Waals surface area (Å²) in [4.78, 5) is 2.46.